The van der Waals surface area contributed by atoms with Gasteiger partial charge in [-0.1, -0.05) is 18.2 Å². The number of amides is 1. The molecule has 1 heterocycles. The van der Waals surface area contributed by atoms with Crippen LogP contribution >= 0.6 is 0 Å². The Hall–Kier alpha value is -2.91. The molecule has 166 valence electrons. The van der Waals surface area contributed by atoms with Crippen molar-refractivity contribution in [1.29, 1.82) is 0 Å². The van der Waals surface area contributed by atoms with Crippen molar-refractivity contribution in [3.63, 3.8) is 0 Å². The average Bonchev–Trinajstić information content (AvgIpc) is 2.82. The van der Waals surface area contributed by atoms with E-state index >= 15 is 0 Å². The minimum Gasteiger partial charge on any atom is -0.497 e. The van der Waals surface area contributed by atoms with Crippen LogP contribution < -0.4 is 9.64 Å². The van der Waals surface area contributed by atoms with Crippen LogP contribution in [0, 0.1) is 5.92 Å². The SMILES string of the molecule is COc1ccc(S(=O)(=O)N2CCC(C(=O)OCC(=O)N(C)c3ccccc3)CC2)cc1. The number of rotatable bonds is 7. The van der Waals surface area contributed by atoms with Gasteiger partial charge in [0.1, 0.15) is 5.75 Å². The third-order valence-corrected chi connectivity index (χ3v) is 7.25. The maximum Gasteiger partial charge on any atom is 0.309 e. The maximum atomic E-state index is 12.8. The summed E-state index contributed by atoms with van der Waals surface area (Å²) in [6, 6.07) is 15.3. The molecular formula is C22H26N2O6S. The van der Waals surface area contributed by atoms with Crippen LogP contribution in [-0.4, -0.2) is 58.5 Å². The van der Waals surface area contributed by atoms with Gasteiger partial charge in [-0.3, -0.25) is 9.59 Å². The summed E-state index contributed by atoms with van der Waals surface area (Å²) in [5.41, 5.74) is 0.709. The first kappa shape index (κ1) is 22.8. The molecule has 1 fully saturated rings. The smallest absolute Gasteiger partial charge is 0.309 e. The number of hydrogen-bond donors (Lipinski definition) is 0. The van der Waals surface area contributed by atoms with Gasteiger partial charge in [0.2, 0.25) is 10.0 Å². The van der Waals surface area contributed by atoms with Crippen LogP contribution in [0.3, 0.4) is 0 Å². The largest absolute Gasteiger partial charge is 0.497 e. The Labute approximate surface area is 182 Å². The number of sulfonamides is 1. The molecule has 9 heteroatoms. The molecule has 3 rings (SSSR count). The third kappa shape index (κ3) is 5.42. The third-order valence-electron chi connectivity index (χ3n) is 5.34. The number of hydrogen-bond acceptors (Lipinski definition) is 6. The minimum absolute atomic E-state index is 0.184. The van der Waals surface area contributed by atoms with E-state index in [0.29, 0.717) is 24.3 Å². The van der Waals surface area contributed by atoms with E-state index in [1.165, 1.54) is 28.4 Å². The standard InChI is InChI=1S/C22H26N2O6S/c1-23(18-6-4-3-5-7-18)21(25)16-30-22(26)17-12-14-24(15-13-17)31(27,28)20-10-8-19(29-2)9-11-20/h3-11,17H,12-16H2,1-2H3. The maximum absolute atomic E-state index is 12.8. The van der Waals surface area contributed by atoms with E-state index in [-0.39, 0.29) is 30.5 Å². The Balaban J connectivity index is 1.50. The van der Waals surface area contributed by atoms with Crippen molar-refractivity contribution in [2.75, 3.05) is 38.8 Å². The van der Waals surface area contributed by atoms with Crippen LogP contribution in [0.15, 0.2) is 59.5 Å². The van der Waals surface area contributed by atoms with E-state index in [1.807, 2.05) is 18.2 Å². The molecule has 0 radical (unpaired) electrons. The fourth-order valence-electron chi connectivity index (χ4n) is 3.37. The summed E-state index contributed by atoms with van der Waals surface area (Å²) in [4.78, 5) is 26.3. The first-order valence-corrected chi connectivity index (χ1v) is 11.4. The molecule has 31 heavy (non-hydrogen) atoms. The highest BCUT2D eigenvalue weighted by molar-refractivity contribution is 7.89. The molecule has 8 nitrogen and oxygen atoms in total. The number of benzene rings is 2. The van der Waals surface area contributed by atoms with E-state index in [1.54, 1.807) is 31.3 Å². The Kier molecular flexibility index (Phi) is 7.29. The Morgan fingerprint density at radius 1 is 1.03 bits per heavy atom. The second kappa shape index (κ2) is 9.93. The van der Waals surface area contributed by atoms with Gasteiger partial charge in [-0.15, -0.1) is 0 Å². The monoisotopic (exact) mass is 446 g/mol. The lowest BCUT2D eigenvalue weighted by Crippen LogP contribution is -2.41. The molecule has 0 aliphatic carbocycles. The lowest BCUT2D eigenvalue weighted by Gasteiger charge is -2.30. The van der Waals surface area contributed by atoms with Crippen LogP contribution in [-0.2, 0) is 24.3 Å². The first-order chi connectivity index (χ1) is 14.8. The molecule has 1 aliphatic rings. The second-order valence-corrected chi connectivity index (χ2v) is 9.19. The van der Waals surface area contributed by atoms with Crippen LogP contribution in [0.4, 0.5) is 5.69 Å². The molecule has 2 aromatic rings. The van der Waals surface area contributed by atoms with Gasteiger partial charge in [0, 0.05) is 25.8 Å². The normalized spacial score (nSPS) is 15.3. The van der Waals surface area contributed by atoms with Crippen LogP contribution in [0.5, 0.6) is 5.75 Å². The lowest BCUT2D eigenvalue weighted by atomic mass is 9.98. The Morgan fingerprint density at radius 2 is 1.65 bits per heavy atom. The van der Waals surface area contributed by atoms with Gasteiger partial charge >= 0.3 is 5.97 Å². The Bertz CT molecular complexity index is 1000. The zero-order valence-corrected chi connectivity index (χ0v) is 18.4. The van der Waals surface area contributed by atoms with Gasteiger partial charge in [0.25, 0.3) is 5.91 Å². The molecule has 1 saturated heterocycles. The number of ether oxygens (including phenoxy) is 2. The predicted molar refractivity (Wildman–Crippen MR) is 115 cm³/mol. The number of piperidine rings is 1. The summed E-state index contributed by atoms with van der Waals surface area (Å²) < 4.78 is 37.2. The van der Waals surface area contributed by atoms with Crippen LogP contribution in [0.2, 0.25) is 0 Å². The van der Waals surface area contributed by atoms with E-state index in [4.69, 9.17) is 9.47 Å². The van der Waals surface area contributed by atoms with Crippen LogP contribution in [0.25, 0.3) is 0 Å². The highest BCUT2D eigenvalue weighted by Gasteiger charge is 2.33. The number of likely N-dealkylation sites (N-methyl/N-ethyl adjacent to an activating group) is 1. The van der Waals surface area contributed by atoms with Crippen molar-refractivity contribution in [2.24, 2.45) is 5.92 Å². The number of esters is 1. The van der Waals surface area contributed by atoms with E-state index in [2.05, 4.69) is 0 Å². The molecule has 0 atom stereocenters. The summed E-state index contributed by atoms with van der Waals surface area (Å²) in [6.45, 7) is 0.0760. The molecular weight excluding hydrogens is 420 g/mol. The first-order valence-electron chi connectivity index (χ1n) is 9.95. The van der Waals surface area contributed by atoms with Gasteiger partial charge in [-0.25, -0.2) is 8.42 Å². The molecule has 0 N–H and O–H groups in total. The summed E-state index contributed by atoms with van der Waals surface area (Å²) in [5.74, 6) is -0.666. The van der Waals surface area contributed by atoms with Gasteiger partial charge in [-0.2, -0.15) is 4.31 Å². The van der Waals surface area contributed by atoms with Crippen molar-refractivity contribution in [1.82, 2.24) is 4.31 Å². The van der Waals surface area contributed by atoms with E-state index in [9.17, 15) is 18.0 Å². The van der Waals surface area contributed by atoms with Gasteiger partial charge in [0.15, 0.2) is 6.61 Å². The second-order valence-electron chi connectivity index (χ2n) is 7.25. The highest BCUT2D eigenvalue weighted by atomic mass is 32.2. The minimum atomic E-state index is -3.64. The van der Waals surface area contributed by atoms with Gasteiger partial charge in [-0.05, 0) is 49.2 Å². The molecule has 0 saturated carbocycles. The van der Waals surface area contributed by atoms with E-state index in [0.717, 1.165) is 0 Å². The topological polar surface area (TPSA) is 93.2 Å². The van der Waals surface area contributed by atoms with Crippen molar-refractivity contribution in [3.8, 4) is 5.75 Å². The summed E-state index contributed by atoms with van der Waals surface area (Å²) in [7, 11) is -0.505. The zero-order chi connectivity index (χ0) is 22.4. The average molecular weight is 447 g/mol. The van der Waals surface area contributed by atoms with Crippen molar-refractivity contribution >= 4 is 27.6 Å². The van der Waals surface area contributed by atoms with Gasteiger partial charge < -0.3 is 14.4 Å². The lowest BCUT2D eigenvalue weighted by molar-refractivity contribution is -0.153. The molecule has 1 amide bonds. The summed E-state index contributed by atoms with van der Waals surface area (Å²) in [5, 5.41) is 0. The number of nitrogens with zero attached hydrogens (tertiary/aromatic N) is 2. The Morgan fingerprint density at radius 3 is 2.23 bits per heavy atom. The summed E-state index contributed by atoms with van der Waals surface area (Å²) in [6.07, 6.45) is 0.688. The quantitative estimate of drug-likeness (QED) is 0.606. The predicted octanol–water partition coefficient (Wildman–Crippen LogP) is 2.30. The molecule has 0 bridgehead atoms. The molecule has 1 aliphatic heterocycles. The van der Waals surface area contributed by atoms with Crippen molar-refractivity contribution in [2.45, 2.75) is 17.7 Å². The fraction of sp³-hybridized carbons (Fsp3) is 0.364. The molecule has 0 spiro atoms. The molecule has 0 aromatic heterocycles. The number of carbonyl (C=O) groups excluding carboxylic acids is 2. The number of para-hydroxylation sites is 1. The van der Waals surface area contributed by atoms with Gasteiger partial charge in [0.05, 0.1) is 17.9 Å². The number of methoxy groups -OCH3 is 1. The number of carbonyl (C=O) groups is 2. The summed E-state index contributed by atoms with van der Waals surface area (Å²) >= 11 is 0. The van der Waals surface area contributed by atoms with E-state index < -0.39 is 21.9 Å². The zero-order valence-electron chi connectivity index (χ0n) is 17.6. The highest BCUT2D eigenvalue weighted by Crippen LogP contribution is 2.26. The number of anilines is 1. The van der Waals surface area contributed by atoms with Crippen molar-refractivity contribution in [3.05, 3.63) is 54.6 Å². The van der Waals surface area contributed by atoms with Crippen LogP contribution in [0.1, 0.15) is 12.8 Å². The van der Waals surface area contributed by atoms with Crippen molar-refractivity contribution < 1.29 is 27.5 Å². The molecule has 2 aromatic carbocycles. The molecule has 0 unspecified atom stereocenters. The fourth-order valence-corrected chi connectivity index (χ4v) is 4.84.